The molecule has 0 aliphatic carbocycles. The number of aromatic nitrogens is 1. The smallest absolute Gasteiger partial charge is 0.131 e. The van der Waals surface area contributed by atoms with Gasteiger partial charge in [0.15, 0.2) is 0 Å². The van der Waals surface area contributed by atoms with Crippen LogP contribution in [-0.2, 0) is 11.3 Å². The third-order valence-electron chi connectivity index (χ3n) is 3.34. The van der Waals surface area contributed by atoms with E-state index >= 15 is 0 Å². The summed E-state index contributed by atoms with van der Waals surface area (Å²) >= 11 is 1.71. The van der Waals surface area contributed by atoms with Crippen LogP contribution in [0.5, 0.6) is 0 Å². The first kappa shape index (κ1) is 12.7. The Morgan fingerprint density at radius 1 is 1.53 bits per heavy atom. The van der Waals surface area contributed by atoms with Gasteiger partial charge in [0.05, 0.1) is 6.54 Å². The Bertz CT molecular complexity index is 350. The molecule has 1 aromatic rings. The number of likely N-dealkylation sites (tertiary alicyclic amines) is 1. The van der Waals surface area contributed by atoms with Crippen LogP contribution in [0, 0.1) is 0 Å². The normalized spacial score (nSPS) is 22.3. The summed E-state index contributed by atoms with van der Waals surface area (Å²) in [5.41, 5.74) is 0. The van der Waals surface area contributed by atoms with Gasteiger partial charge in [-0.15, -0.1) is 11.3 Å². The quantitative estimate of drug-likeness (QED) is 0.826. The van der Waals surface area contributed by atoms with E-state index in [1.165, 1.54) is 24.3 Å². The van der Waals surface area contributed by atoms with Crippen molar-refractivity contribution in [2.24, 2.45) is 0 Å². The van der Waals surface area contributed by atoms with E-state index in [0.29, 0.717) is 18.2 Å². The number of hydrogen-bond acceptors (Lipinski definition) is 4. The van der Waals surface area contributed by atoms with Crippen LogP contribution in [0.3, 0.4) is 0 Å². The Hall–Kier alpha value is -0.740. The Morgan fingerprint density at radius 2 is 2.41 bits per heavy atom. The van der Waals surface area contributed by atoms with E-state index in [9.17, 15) is 4.79 Å². The molecule has 1 aliphatic rings. The van der Waals surface area contributed by atoms with Gasteiger partial charge in [-0.05, 0) is 26.3 Å². The van der Waals surface area contributed by atoms with Gasteiger partial charge in [-0.2, -0.15) is 0 Å². The van der Waals surface area contributed by atoms with Crippen LogP contribution in [0.25, 0.3) is 0 Å². The Balaban J connectivity index is 2.00. The van der Waals surface area contributed by atoms with Crippen molar-refractivity contribution in [3.05, 3.63) is 16.6 Å². The van der Waals surface area contributed by atoms with Crippen molar-refractivity contribution in [3.63, 3.8) is 0 Å². The van der Waals surface area contributed by atoms with Crippen LogP contribution in [0.2, 0.25) is 0 Å². The zero-order chi connectivity index (χ0) is 12.1. The van der Waals surface area contributed by atoms with Crippen molar-refractivity contribution >= 4 is 17.1 Å². The van der Waals surface area contributed by atoms with Gasteiger partial charge >= 0.3 is 0 Å². The van der Waals surface area contributed by atoms with Crippen molar-refractivity contribution in [1.82, 2.24) is 9.88 Å². The first-order valence-corrected chi connectivity index (χ1v) is 7.25. The molecule has 1 aliphatic heterocycles. The molecule has 1 saturated heterocycles. The molecule has 17 heavy (non-hydrogen) atoms. The average Bonchev–Trinajstić information content (AvgIpc) is 2.69. The van der Waals surface area contributed by atoms with Gasteiger partial charge in [0.1, 0.15) is 10.8 Å². The van der Waals surface area contributed by atoms with Crippen molar-refractivity contribution in [2.45, 2.75) is 51.6 Å². The highest BCUT2D eigenvalue weighted by Crippen LogP contribution is 2.22. The number of Topliss-reactive ketones (excluding diaryl/α,β-unsaturated/α-hetero) is 1. The van der Waals surface area contributed by atoms with Crippen LogP contribution in [-0.4, -0.2) is 28.3 Å². The minimum atomic E-state index is 0.307. The average molecular weight is 252 g/mol. The summed E-state index contributed by atoms with van der Waals surface area (Å²) in [5, 5.41) is 3.19. The van der Waals surface area contributed by atoms with Gasteiger partial charge in [0.2, 0.25) is 0 Å². The predicted molar refractivity (Wildman–Crippen MR) is 70.1 cm³/mol. The third-order valence-corrected chi connectivity index (χ3v) is 4.11. The number of carbonyl (C=O) groups is 1. The standard InChI is InChI=1S/C13H20N2OS/c1-11(16)9-12-5-3-2-4-7-15(12)10-13-14-6-8-17-13/h6,8,12H,2-5,7,9-10H2,1H3. The topological polar surface area (TPSA) is 33.2 Å². The number of rotatable bonds is 4. The van der Waals surface area contributed by atoms with Gasteiger partial charge in [-0.3, -0.25) is 9.69 Å². The molecule has 0 N–H and O–H groups in total. The molecule has 1 unspecified atom stereocenters. The highest BCUT2D eigenvalue weighted by molar-refractivity contribution is 7.09. The Morgan fingerprint density at radius 3 is 3.12 bits per heavy atom. The molecule has 0 spiro atoms. The molecule has 0 amide bonds. The zero-order valence-electron chi connectivity index (χ0n) is 10.4. The van der Waals surface area contributed by atoms with Crippen molar-refractivity contribution in [3.8, 4) is 0 Å². The lowest BCUT2D eigenvalue weighted by Gasteiger charge is -2.28. The maximum atomic E-state index is 11.3. The monoisotopic (exact) mass is 252 g/mol. The van der Waals surface area contributed by atoms with E-state index in [-0.39, 0.29) is 0 Å². The second-order valence-corrected chi connectivity index (χ2v) is 5.78. The molecular formula is C13H20N2OS. The van der Waals surface area contributed by atoms with Gasteiger partial charge in [0.25, 0.3) is 0 Å². The third kappa shape index (κ3) is 3.89. The molecule has 0 radical (unpaired) electrons. The maximum absolute atomic E-state index is 11.3. The molecule has 0 bridgehead atoms. The number of thiazole rings is 1. The first-order valence-electron chi connectivity index (χ1n) is 6.37. The fourth-order valence-electron chi connectivity index (χ4n) is 2.51. The molecule has 1 atom stereocenters. The summed E-state index contributed by atoms with van der Waals surface area (Å²) < 4.78 is 0. The van der Waals surface area contributed by atoms with E-state index in [1.54, 1.807) is 18.3 Å². The number of carbonyl (C=O) groups excluding carboxylic acids is 1. The molecule has 1 aromatic heterocycles. The summed E-state index contributed by atoms with van der Waals surface area (Å²) in [6, 6.07) is 0.430. The lowest BCUT2D eigenvalue weighted by Crippen LogP contribution is -2.35. The fourth-order valence-corrected chi connectivity index (χ4v) is 3.15. The van der Waals surface area contributed by atoms with E-state index in [2.05, 4.69) is 9.88 Å². The number of ketones is 1. The number of nitrogens with zero attached hydrogens (tertiary/aromatic N) is 2. The van der Waals surface area contributed by atoms with Crippen LogP contribution in [0.15, 0.2) is 11.6 Å². The summed E-state index contributed by atoms with van der Waals surface area (Å²) in [6.45, 7) is 3.72. The largest absolute Gasteiger partial charge is 0.300 e. The minimum Gasteiger partial charge on any atom is -0.300 e. The second-order valence-electron chi connectivity index (χ2n) is 4.81. The minimum absolute atomic E-state index is 0.307. The summed E-state index contributed by atoms with van der Waals surface area (Å²) in [4.78, 5) is 18.1. The van der Waals surface area contributed by atoms with Crippen LogP contribution < -0.4 is 0 Å². The summed E-state index contributed by atoms with van der Waals surface area (Å²) in [7, 11) is 0. The lowest BCUT2D eigenvalue weighted by molar-refractivity contribution is -0.118. The van der Waals surface area contributed by atoms with E-state index in [1.807, 2.05) is 11.6 Å². The predicted octanol–water partition coefficient (Wildman–Crippen LogP) is 2.87. The van der Waals surface area contributed by atoms with Crippen LogP contribution in [0.4, 0.5) is 0 Å². The maximum Gasteiger partial charge on any atom is 0.131 e. The molecular weight excluding hydrogens is 232 g/mol. The SMILES string of the molecule is CC(=O)CC1CCCCCN1Cc1nccs1. The Kier molecular flexibility index (Phi) is 4.68. The van der Waals surface area contributed by atoms with Crippen molar-refractivity contribution < 1.29 is 4.79 Å². The van der Waals surface area contributed by atoms with Gasteiger partial charge in [-0.25, -0.2) is 4.98 Å². The highest BCUT2D eigenvalue weighted by atomic mass is 32.1. The van der Waals surface area contributed by atoms with Crippen LogP contribution >= 0.6 is 11.3 Å². The molecule has 1 fully saturated rings. The van der Waals surface area contributed by atoms with Gasteiger partial charge in [0, 0.05) is 24.0 Å². The van der Waals surface area contributed by atoms with Crippen molar-refractivity contribution in [2.75, 3.05) is 6.54 Å². The molecule has 94 valence electrons. The lowest BCUT2D eigenvalue weighted by atomic mass is 10.0. The fraction of sp³-hybridized carbons (Fsp3) is 0.692. The molecule has 4 heteroatoms. The van der Waals surface area contributed by atoms with Gasteiger partial charge < -0.3 is 0 Å². The first-order chi connectivity index (χ1) is 8.25. The molecule has 2 rings (SSSR count). The highest BCUT2D eigenvalue weighted by Gasteiger charge is 2.22. The Labute approximate surface area is 107 Å². The van der Waals surface area contributed by atoms with E-state index in [0.717, 1.165) is 19.5 Å². The zero-order valence-corrected chi connectivity index (χ0v) is 11.2. The number of hydrogen-bond donors (Lipinski definition) is 0. The molecule has 0 saturated carbocycles. The second kappa shape index (κ2) is 6.26. The summed E-state index contributed by atoms with van der Waals surface area (Å²) in [6.07, 6.45) is 7.52. The van der Waals surface area contributed by atoms with E-state index < -0.39 is 0 Å². The molecule has 0 aromatic carbocycles. The van der Waals surface area contributed by atoms with E-state index in [4.69, 9.17) is 0 Å². The molecule has 2 heterocycles. The summed E-state index contributed by atoms with van der Waals surface area (Å²) in [5.74, 6) is 0.307. The van der Waals surface area contributed by atoms with Crippen molar-refractivity contribution in [1.29, 1.82) is 0 Å². The molecule has 3 nitrogen and oxygen atoms in total. The van der Waals surface area contributed by atoms with Crippen LogP contribution in [0.1, 0.15) is 44.0 Å². The van der Waals surface area contributed by atoms with Gasteiger partial charge in [-0.1, -0.05) is 12.8 Å².